The maximum absolute atomic E-state index is 14.0. The summed E-state index contributed by atoms with van der Waals surface area (Å²) in [7, 11) is 0. The van der Waals surface area contributed by atoms with Crippen LogP contribution in [-0.2, 0) is 4.74 Å². The smallest absolute Gasteiger partial charge is 0.127 e. The number of hydrogen-bond donors (Lipinski definition) is 1. The fraction of sp³-hybridized carbons (Fsp3) is 0.647. The molecule has 118 valence electrons. The molecule has 1 aromatic carbocycles. The van der Waals surface area contributed by atoms with Crippen LogP contribution in [-0.4, -0.2) is 41.9 Å². The van der Waals surface area contributed by atoms with Gasteiger partial charge in [-0.25, -0.2) is 4.39 Å². The minimum atomic E-state index is -0.535. The van der Waals surface area contributed by atoms with E-state index in [1.54, 1.807) is 6.07 Å². The average Bonchev–Trinajstić information content (AvgIpc) is 2.77. The lowest BCUT2D eigenvalue weighted by atomic mass is 10.0. The lowest BCUT2D eigenvalue weighted by Crippen LogP contribution is -2.35. The van der Waals surface area contributed by atoms with Crippen molar-refractivity contribution in [2.75, 3.05) is 19.7 Å². The van der Waals surface area contributed by atoms with Crippen LogP contribution in [0.25, 0.3) is 0 Å². The number of benzene rings is 1. The molecule has 3 unspecified atom stereocenters. The minimum absolute atomic E-state index is 0.0508. The molecule has 0 amide bonds. The predicted molar refractivity (Wildman–Crippen MR) is 81.6 cm³/mol. The Balaban J connectivity index is 2.02. The van der Waals surface area contributed by atoms with Gasteiger partial charge in [0.05, 0.1) is 18.8 Å². The Morgan fingerprint density at radius 3 is 2.76 bits per heavy atom. The van der Waals surface area contributed by atoms with E-state index in [0.717, 1.165) is 18.5 Å². The average molecular weight is 295 g/mol. The Hall–Kier alpha value is -0.970. The zero-order valence-corrected chi connectivity index (χ0v) is 13.1. The highest BCUT2D eigenvalue weighted by Crippen LogP contribution is 2.36. The molecule has 0 bridgehead atoms. The Bertz CT molecular complexity index is 452. The number of aliphatic hydroxyl groups excluding tert-OH is 1. The molecule has 0 radical (unpaired) electrons. The maximum Gasteiger partial charge on any atom is 0.127 e. The largest absolute Gasteiger partial charge is 0.389 e. The van der Waals surface area contributed by atoms with E-state index >= 15 is 0 Å². The lowest BCUT2D eigenvalue weighted by molar-refractivity contribution is -0.0105. The normalized spacial score (nSPS) is 24.7. The summed E-state index contributed by atoms with van der Waals surface area (Å²) in [6, 6.07) is 7.00. The fourth-order valence-electron chi connectivity index (χ4n) is 3.03. The summed E-state index contributed by atoms with van der Waals surface area (Å²) in [5.41, 5.74) is 0.735. The summed E-state index contributed by atoms with van der Waals surface area (Å²) in [4.78, 5) is 2.18. The van der Waals surface area contributed by atoms with E-state index in [4.69, 9.17) is 4.74 Å². The number of nitrogens with zero attached hydrogens (tertiary/aromatic N) is 1. The predicted octanol–water partition coefficient (Wildman–Crippen LogP) is 2.99. The van der Waals surface area contributed by atoms with E-state index in [2.05, 4.69) is 11.8 Å². The third kappa shape index (κ3) is 4.50. The summed E-state index contributed by atoms with van der Waals surface area (Å²) in [5, 5.41) is 10.1. The van der Waals surface area contributed by atoms with Crippen LogP contribution in [0.5, 0.6) is 0 Å². The molecular weight excluding hydrogens is 269 g/mol. The van der Waals surface area contributed by atoms with Crippen LogP contribution in [0.1, 0.15) is 38.8 Å². The van der Waals surface area contributed by atoms with Crippen molar-refractivity contribution in [3.63, 3.8) is 0 Å². The number of likely N-dealkylation sites (tertiary alicyclic amines) is 1. The monoisotopic (exact) mass is 295 g/mol. The van der Waals surface area contributed by atoms with Gasteiger partial charge in [0.15, 0.2) is 0 Å². The van der Waals surface area contributed by atoms with E-state index in [-0.39, 0.29) is 18.0 Å². The molecule has 3 nitrogen and oxygen atoms in total. The summed E-state index contributed by atoms with van der Waals surface area (Å²) in [5.74, 6) is 0.349. The Morgan fingerprint density at radius 1 is 1.38 bits per heavy atom. The van der Waals surface area contributed by atoms with Gasteiger partial charge < -0.3 is 9.84 Å². The van der Waals surface area contributed by atoms with Crippen LogP contribution >= 0.6 is 0 Å². The van der Waals surface area contributed by atoms with Crippen LogP contribution in [0.3, 0.4) is 0 Å². The Morgan fingerprint density at radius 2 is 2.10 bits per heavy atom. The molecule has 1 fully saturated rings. The number of rotatable bonds is 6. The molecule has 1 aliphatic rings. The second-order valence-corrected chi connectivity index (χ2v) is 6.37. The minimum Gasteiger partial charge on any atom is -0.389 e. The van der Waals surface area contributed by atoms with Crippen LogP contribution in [0, 0.1) is 11.7 Å². The van der Waals surface area contributed by atoms with E-state index in [9.17, 15) is 9.50 Å². The van der Waals surface area contributed by atoms with Gasteiger partial charge in [-0.3, -0.25) is 4.90 Å². The van der Waals surface area contributed by atoms with E-state index in [1.165, 1.54) is 6.07 Å². The SMILES string of the molecule is CC1CC(c2ccccc2F)N(CC(O)COC(C)C)C1. The summed E-state index contributed by atoms with van der Waals surface area (Å²) >= 11 is 0. The fourth-order valence-corrected chi connectivity index (χ4v) is 3.03. The number of halogens is 1. The quantitative estimate of drug-likeness (QED) is 0.875. The highest BCUT2D eigenvalue weighted by molar-refractivity contribution is 5.22. The second-order valence-electron chi connectivity index (χ2n) is 6.37. The molecule has 0 aliphatic carbocycles. The van der Waals surface area contributed by atoms with Crippen LogP contribution in [0.4, 0.5) is 4.39 Å². The molecule has 2 rings (SSSR count). The topological polar surface area (TPSA) is 32.7 Å². The number of aliphatic hydroxyl groups is 1. The number of hydrogen-bond acceptors (Lipinski definition) is 3. The van der Waals surface area contributed by atoms with E-state index < -0.39 is 6.10 Å². The van der Waals surface area contributed by atoms with Crippen LogP contribution in [0.15, 0.2) is 24.3 Å². The third-order valence-corrected chi connectivity index (χ3v) is 3.94. The van der Waals surface area contributed by atoms with Crippen molar-refractivity contribution < 1.29 is 14.2 Å². The summed E-state index contributed by atoms with van der Waals surface area (Å²) in [6.07, 6.45) is 0.505. The molecule has 0 aromatic heterocycles. The highest BCUT2D eigenvalue weighted by Gasteiger charge is 2.33. The molecule has 4 heteroatoms. The van der Waals surface area contributed by atoms with E-state index in [1.807, 2.05) is 26.0 Å². The van der Waals surface area contributed by atoms with Crippen molar-refractivity contribution >= 4 is 0 Å². The van der Waals surface area contributed by atoms with Crippen LogP contribution in [0.2, 0.25) is 0 Å². The van der Waals surface area contributed by atoms with Gasteiger partial charge in [0.1, 0.15) is 5.82 Å². The first-order valence-electron chi connectivity index (χ1n) is 7.75. The second kappa shape index (κ2) is 7.34. The Labute approximate surface area is 126 Å². The van der Waals surface area contributed by atoms with E-state index in [0.29, 0.717) is 19.1 Å². The first-order chi connectivity index (χ1) is 9.97. The van der Waals surface area contributed by atoms with Gasteiger partial charge in [-0.1, -0.05) is 25.1 Å². The third-order valence-electron chi connectivity index (χ3n) is 3.94. The standard InChI is InChI=1S/C17H26FNO2/c1-12(2)21-11-14(20)10-19-9-13(3)8-17(19)15-6-4-5-7-16(15)18/h4-7,12-14,17,20H,8-11H2,1-3H3. The van der Waals surface area contributed by atoms with Gasteiger partial charge in [0.25, 0.3) is 0 Å². The van der Waals surface area contributed by atoms with Crippen molar-refractivity contribution in [1.82, 2.24) is 4.90 Å². The lowest BCUT2D eigenvalue weighted by Gasteiger charge is -2.27. The van der Waals surface area contributed by atoms with Gasteiger partial charge in [-0.05, 0) is 32.3 Å². The summed E-state index contributed by atoms with van der Waals surface area (Å²) in [6.45, 7) is 7.81. The molecule has 1 saturated heterocycles. The Kier molecular flexibility index (Phi) is 5.73. The first-order valence-corrected chi connectivity index (χ1v) is 7.75. The molecule has 1 heterocycles. The van der Waals surface area contributed by atoms with Gasteiger partial charge in [0, 0.05) is 24.7 Å². The molecule has 1 aliphatic heterocycles. The van der Waals surface area contributed by atoms with Crippen molar-refractivity contribution in [2.45, 2.75) is 45.4 Å². The first kappa shape index (κ1) is 16.4. The molecule has 1 aromatic rings. The molecule has 21 heavy (non-hydrogen) atoms. The molecule has 0 saturated carbocycles. The van der Waals surface area contributed by atoms with Gasteiger partial charge in [-0.15, -0.1) is 0 Å². The van der Waals surface area contributed by atoms with Crippen molar-refractivity contribution in [3.05, 3.63) is 35.6 Å². The van der Waals surface area contributed by atoms with Crippen molar-refractivity contribution in [1.29, 1.82) is 0 Å². The van der Waals surface area contributed by atoms with Crippen LogP contribution < -0.4 is 0 Å². The van der Waals surface area contributed by atoms with Gasteiger partial charge in [-0.2, -0.15) is 0 Å². The number of ether oxygens (including phenoxy) is 1. The number of β-amino-alcohol motifs (C(OH)–C–C–N with tert-alkyl or cyclic N) is 1. The molecular formula is C17H26FNO2. The zero-order valence-electron chi connectivity index (χ0n) is 13.1. The molecule has 3 atom stereocenters. The molecule has 0 spiro atoms. The highest BCUT2D eigenvalue weighted by atomic mass is 19.1. The maximum atomic E-state index is 14.0. The summed E-state index contributed by atoms with van der Waals surface area (Å²) < 4.78 is 19.5. The molecule has 1 N–H and O–H groups in total. The van der Waals surface area contributed by atoms with Gasteiger partial charge >= 0.3 is 0 Å². The zero-order chi connectivity index (χ0) is 15.4. The van der Waals surface area contributed by atoms with Crippen molar-refractivity contribution in [3.8, 4) is 0 Å². The van der Waals surface area contributed by atoms with Crippen molar-refractivity contribution in [2.24, 2.45) is 5.92 Å². The van der Waals surface area contributed by atoms with Gasteiger partial charge in [0.2, 0.25) is 0 Å².